The van der Waals surface area contributed by atoms with E-state index in [4.69, 9.17) is 9.15 Å². The van der Waals surface area contributed by atoms with E-state index in [1.807, 2.05) is 25.1 Å². The van der Waals surface area contributed by atoms with Crippen molar-refractivity contribution >= 4 is 16.8 Å². The van der Waals surface area contributed by atoms with Gasteiger partial charge in [-0.2, -0.15) is 5.10 Å². The molecular formula is C16H17N5O3. The molecule has 2 aromatic heterocycles. The fourth-order valence-electron chi connectivity index (χ4n) is 2.92. The molecule has 1 saturated heterocycles. The smallest absolute Gasteiger partial charge is 0.275 e. The van der Waals surface area contributed by atoms with Crippen LogP contribution >= 0.6 is 0 Å². The summed E-state index contributed by atoms with van der Waals surface area (Å²) in [5.41, 5.74) is 2.31. The Labute approximate surface area is 137 Å². The fraction of sp³-hybridized carbons (Fsp3) is 0.375. The zero-order chi connectivity index (χ0) is 16.7. The second-order valence-electron chi connectivity index (χ2n) is 5.87. The second kappa shape index (κ2) is 5.72. The average molecular weight is 327 g/mol. The molecule has 3 heterocycles. The highest BCUT2D eigenvalue weighted by molar-refractivity contribution is 6.05. The lowest BCUT2D eigenvalue weighted by Crippen LogP contribution is -2.43. The number of carbonyl (C=O) groups is 1. The van der Waals surface area contributed by atoms with Crippen LogP contribution in [-0.2, 0) is 4.74 Å². The number of ether oxygens (including phenoxy) is 1. The monoisotopic (exact) mass is 327 g/mol. The van der Waals surface area contributed by atoms with E-state index in [1.165, 1.54) is 0 Å². The van der Waals surface area contributed by atoms with Crippen LogP contribution in [0.15, 0.2) is 22.6 Å². The van der Waals surface area contributed by atoms with Crippen molar-refractivity contribution in [3.05, 3.63) is 41.2 Å². The van der Waals surface area contributed by atoms with Crippen LogP contribution in [0.5, 0.6) is 0 Å². The highest BCUT2D eigenvalue weighted by Crippen LogP contribution is 2.27. The molecule has 0 spiro atoms. The number of hydrogen-bond donors (Lipinski definition) is 1. The highest BCUT2D eigenvalue weighted by atomic mass is 16.5. The maximum Gasteiger partial charge on any atom is 0.275 e. The van der Waals surface area contributed by atoms with Crippen LogP contribution < -0.4 is 0 Å². The lowest BCUT2D eigenvalue weighted by molar-refractivity contribution is -0.0108. The van der Waals surface area contributed by atoms with Crippen molar-refractivity contribution in [3.8, 4) is 0 Å². The van der Waals surface area contributed by atoms with E-state index < -0.39 is 6.04 Å². The maximum absolute atomic E-state index is 13.1. The molecule has 1 unspecified atom stereocenters. The minimum absolute atomic E-state index is 0.170. The van der Waals surface area contributed by atoms with E-state index in [0.29, 0.717) is 37.2 Å². The van der Waals surface area contributed by atoms with E-state index in [2.05, 4.69) is 20.4 Å². The number of hydrogen-bond acceptors (Lipinski definition) is 6. The third-order valence-corrected chi connectivity index (χ3v) is 4.14. The maximum atomic E-state index is 13.1. The number of aromatic nitrogens is 4. The molecule has 1 N–H and O–H groups in total. The number of H-pyrrole nitrogens is 1. The first-order chi connectivity index (χ1) is 11.6. The number of benzene rings is 1. The molecule has 24 heavy (non-hydrogen) atoms. The van der Waals surface area contributed by atoms with E-state index in [1.54, 1.807) is 11.8 Å². The Morgan fingerprint density at radius 2 is 2.21 bits per heavy atom. The summed E-state index contributed by atoms with van der Waals surface area (Å²) in [6, 6.07) is 5.46. The number of aryl methyl sites for hydroxylation is 2. The van der Waals surface area contributed by atoms with Crippen LogP contribution in [0.4, 0.5) is 0 Å². The Kier molecular flexibility index (Phi) is 3.53. The first-order valence-electron chi connectivity index (χ1n) is 7.77. The number of rotatable bonds is 2. The molecule has 0 aliphatic carbocycles. The van der Waals surface area contributed by atoms with Gasteiger partial charge in [-0.15, -0.1) is 10.2 Å². The molecule has 0 radical (unpaired) electrons. The summed E-state index contributed by atoms with van der Waals surface area (Å²) in [5.74, 6) is 0.677. The molecule has 0 saturated carbocycles. The molecule has 4 rings (SSSR count). The highest BCUT2D eigenvalue weighted by Gasteiger charge is 2.34. The molecule has 1 fully saturated rings. The van der Waals surface area contributed by atoms with Gasteiger partial charge in [0, 0.05) is 18.9 Å². The summed E-state index contributed by atoms with van der Waals surface area (Å²) >= 11 is 0. The van der Waals surface area contributed by atoms with Gasteiger partial charge in [-0.3, -0.25) is 9.89 Å². The van der Waals surface area contributed by atoms with Gasteiger partial charge in [0.25, 0.3) is 5.91 Å². The molecule has 3 aromatic rings. The molecule has 1 aromatic carbocycles. The lowest BCUT2D eigenvalue weighted by atomic mass is 10.1. The van der Waals surface area contributed by atoms with Crippen LogP contribution in [-0.4, -0.2) is 51.0 Å². The first kappa shape index (κ1) is 14.8. The zero-order valence-corrected chi connectivity index (χ0v) is 13.4. The largest absolute Gasteiger partial charge is 0.423 e. The first-order valence-corrected chi connectivity index (χ1v) is 7.77. The van der Waals surface area contributed by atoms with Gasteiger partial charge in [-0.1, -0.05) is 11.6 Å². The molecule has 1 amide bonds. The van der Waals surface area contributed by atoms with Crippen molar-refractivity contribution in [3.63, 3.8) is 0 Å². The standard InChI is InChI=1S/C16H17N5O3/c1-9-3-4-12-11(7-9)14(19-18-12)16(22)21-5-6-23-8-13(21)15-20-17-10(2)24-15/h3-4,7,13H,5-6,8H2,1-2H3,(H,18,19). The number of aromatic amines is 1. The number of nitrogens with one attached hydrogen (secondary N) is 1. The Balaban J connectivity index is 1.71. The summed E-state index contributed by atoms with van der Waals surface area (Å²) in [6.45, 7) is 4.95. The third-order valence-electron chi connectivity index (χ3n) is 4.14. The molecule has 8 heteroatoms. The summed E-state index contributed by atoms with van der Waals surface area (Å²) in [6.07, 6.45) is 0. The van der Waals surface area contributed by atoms with Gasteiger partial charge in [0.2, 0.25) is 11.8 Å². The van der Waals surface area contributed by atoms with Crippen molar-refractivity contribution in [2.45, 2.75) is 19.9 Å². The summed E-state index contributed by atoms with van der Waals surface area (Å²) < 4.78 is 11.0. The van der Waals surface area contributed by atoms with Crippen molar-refractivity contribution in [1.82, 2.24) is 25.3 Å². The van der Waals surface area contributed by atoms with Crippen LogP contribution in [0, 0.1) is 13.8 Å². The van der Waals surface area contributed by atoms with Gasteiger partial charge in [-0.25, -0.2) is 0 Å². The Morgan fingerprint density at radius 3 is 3.00 bits per heavy atom. The predicted octanol–water partition coefficient (Wildman–Crippen LogP) is 1.78. The summed E-state index contributed by atoms with van der Waals surface area (Å²) in [4.78, 5) is 14.8. The molecule has 0 bridgehead atoms. The SMILES string of the molecule is Cc1ccc2[nH]nc(C(=O)N3CCOCC3c3nnc(C)o3)c2c1. The van der Waals surface area contributed by atoms with Crippen LogP contribution in [0.3, 0.4) is 0 Å². The minimum atomic E-state index is -0.399. The van der Waals surface area contributed by atoms with E-state index in [0.717, 1.165) is 16.5 Å². The zero-order valence-electron chi connectivity index (χ0n) is 13.4. The Morgan fingerprint density at radius 1 is 1.33 bits per heavy atom. The molecule has 1 atom stereocenters. The van der Waals surface area contributed by atoms with Crippen molar-refractivity contribution < 1.29 is 13.9 Å². The second-order valence-corrected chi connectivity index (χ2v) is 5.87. The predicted molar refractivity (Wildman–Crippen MR) is 84.5 cm³/mol. The molecule has 1 aliphatic rings. The van der Waals surface area contributed by atoms with Crippen molar-refractivity contribution in [1.29, 1.82) is 0 Å². The van der Waals surface area contributed by atoms with Gasteiger partial charge in [-0.05, 0) is 19.1 Å². The molecular weight excluding hydrogens is 310 g/mol. The normalized spacial score (nSPS) is 18.2. The number of nitrogens with zero attached hydrogens (tertiary/aromatic N) is 4. The third kappa shape index (κ3) is 2.44. The quantitative estimate of drug-likeness (QED) is 0.770. The van der Waals surface area contributed by atoms with Crippen LogP contribution in [0.1, 0.15) is 33.9 Å². The molecule has 8 nitrogen and oxygen atoms in total. The van der Waals surface area contributed by atoms with E-state index in [9.17, 15) is 4.79 Å². The molecule has 124 valence electrons. The van der Waals surface area contributed by atoms with Crippen molar-refractivity contribution in [2.24, 2.45) is 0 Å². The summed E-state index contributed by atoms with van der Waals surface area (Å²) in [5, 5.41) is 15.8. The van der Waals surface area contributed by atoms with Crippen LogP contribution in [0.25, 0.3) is 10.9 Å². The topological polar surface area (TPSA) is 97.1 Å². The number of fused-ring (bicyclic) bond motifs is 1. The Bertz CT molecular complexity index is 900. The lowest BCUT2D eigenvalue weighted by Gasteiger charge is -2.32. The molecule has 1 aliphatic heterocycles. The Hall–Kier alpha value is -2.74. The van der Waals surface area contributed by atoms with Crippen LogP contribution in [0.2, 0.25) is 0 Å². The minimum Gasteiger partial charge on any atom is -0.423 e. The van der Waals surface area contributed by atoms with Gasteiger partial charge >= 0.3 is 0 Å². The average Bonchev–Trinajstić information content (AvgIpc) is 3.20. The number of amides is 1. The van der Waals surface area contributed by atoms with Gasteiger partial charge in [0.15, 0.2) is 5.69 Å². The van der Waals surface area contributed by atoms with Gasteiger partial charge in [0.05, 0.1) is 18.7 Å². The van der Waals surface area contributed by atoms with Gasteiger partial charge < -0.3 is 14.1 Å². The fourth-order valence-corrected chi connectivity index (χ4v) is 2.92. The van der Waals surface area contributed by atoms with Crippen molar-refractivity contribution in [2.75, 3.05) is 19.8 Å². The van der Waals surface area contributed by atoms with E-state index in [-0.39, 0.29) is 5.91 Å². The van der Waals surface area contributed by atoms with E-state index >= 15 is 0 Å². The number of carbonyl (C=O) groups excluding carboxylic acids is 1. The number of morpholine rings is 1. The summed E-state index contributed by atoms with van der Waals surface area (Å²) in [7, 11) is 0. The van der Waals surface area contributed by atoms with Gasteiger partial charge in [0.1, 0.15) is 6.04 Å².